The van der Waals surface area contributed by atoms with E-state index in [1.165, 1.54) is 16.9 Å². The maximum absolute atomic E-state index is 12.9. The van der Waals surface area contributed by atoms with Crippen LogP contribution in [0.2, 0.25) is 0 Å². The van der Waals surface area contributed by atoms with E-state index in [-0.39, 0.29) is 36.3 Å². The molecule has 0 saturated carbocycles. The van der Waals surface area contributed by atoms with Crippen molar-refractivity contribution in [1.82, 2.24) is 14.9 Å². The van der Waals surface area contributed by atoms with E-state index in [4.69, 9.17) is 5.73 Å². The number of rotatable bonds is 6. The van der Waals surface area contributed by atoms with Gasteiger partial charge < -0.3 is 11.1 Å². The topological polar surface area (TPSA) is 90.0 Å². The number of aryl methyl sites for hydroxylation is 3. The van der Waals surface area contributed by atoms with Crippen LogP contribution >= 0.6 is 23.7 Å². The molecule has 2 heterocycles. The van der Waals surface area contributed by atoms with Crippen molar-refractivity contribution in [1.29, 1.82) is 0 Å². The average molecular weight is 433 g/mol. The summed E-state index contributed by atoms with van der Waals surface area (Å²) < 4.78 is 1.56. The summed E-state index contributed by atoms with van der Waals surface area (Å²) in [6, 6.07) is 9.42. The summed E-state index contributed by atoms with van der Waals surface area (Å²) in [5.74, 6) is -0.120. The van der Waals surface area contributed by atoms with Gasteiger partial charge in [-0.1, -0.05) is 30.3 Å². The van der Waals surface area contributed by atoms with Gasteiger partial charge in [0.05, 0.1) is 11.7 Å². The predicted octanol–water partition coefficient (Wildman–Crippen LogP) is 2.96. The minimum atomic E-state index is -0.247. The summed E-state index contributed by atoms with van der Waals surface area (Å²) in [7, 11) is 0. The molecule has 8 heteroatoms. The molecule has 0 saturated heterocycles. The number of carbonyl (C=O) groups is 1. The quantitative estimate of drug-likeness (QED) is 0.626. The highest BCUT2D eigenvalue weighted by atomic mass is 35.5. The number of nitrogens with one attached hydrogen (secondary N) is 1. The molecule has 6 nitrogen and oxygen atoms in total. The zero-order valence-corrected chi connectivity index (χ0v) is 17.7. The predicted molar refractivity (Wildman–Crippen MR) is 119 cm³/mol. The first-order chi connectivity index (χ1) is 13.6. The van der Waals surface area contributed by atoms with Crippen LogP contribution in [0.3, 0.4) is 0 Å². The second-order valence-corrected chi connectivity index (χ2v) is 8.29. The molecule has 4 rings (SSSR count). The fourth-order valence-electron chi connectivity index (χ4n) is 3.69. The highest BCUT2D eigenvalue weighted by Crippen LogP contribution is 2.33. The molecular weight excluding hydrogens is 408 g/mol. The van der Waals surface area contributed by atoms with Gasteiger partial charge in [-0.25, -0.2) is 4.98 Å². The summed E-state index contributed by atoms with van der Waals surface area (Å²) in [4.78, 5) is 31.7. The molecule has 1 amide bonds. The Kier molecular flexibility index (Phi) is 7.05. The first kappa shape index (κ1) is 21.5. The lowest BCUT2D eigenvalue weighted by molar-refractivity contribution is -0.121. The molecule has 1 unspecified atom stereocenters. The van der Waals surface area contributed by atoms with E-state index in [9.17, 15) is 9.59 Å². The molecule has 3 aromatic rings. The second kappa shape index (κ2) is 9.52. The van der Waals surface area contributed by atoms with Crippen molar-refractivity contribution in [3.05, 3.63) is 63.0 Å². The lowest BCUT2D eigenvalue weighted by Gasteiger charge is -2.13. The summed E-state index contributed by atoms with van der Waals surface area (Å²) >= 11 is 1.64. The lowest BCUT2D eigenvalue weighted by Crippen LogP contribution is -2.33. The van der Waals surface area contributed by atoms with Gasteiger partial charge >= 0.3 is 0 Å². The Morgan fingerprint density at radius 1 is 1.24 bits per heavy atom. The van der Waals surface area contributed by atoms with Gasteiger partial charge in [-0.05, 0) is 36.8 Å². The lowest BCUT2D eigenvalue weighted by atomic mass is 9.97. The third-order valence-electron chi connectivity index (χ3n) is 5.27. The minimum Gasteiger partial charge on any atom is -0.354 e. The molecule has 0 aliphatic heterocycles. The number of benzene rings is 1. The van der Waals surface area contributed by atoms with Crippen molar-refractivity contribution >= 4 is 39.9 Å². The van der Waals surface area contributed by atoms with Crippen LogP contribution in [0.1, 0.15) is 41.3 Å². The number of hydrogen-bond donors (Lipinski definition) is 2. The fourth-order valence-corrected chi connectivity index (χ4v) is 4.91. The number of fused-ring (bicyclic) bond motifs is 3. The molecule has 0 bridgehead atoms. The van der Waals surface area contributed by atoms with Gasteiger partial charge in [0.15, 0.2) is 0 Å². The van der Waals surface area contributed by atoms with Crippen molar-refractivity contribution in [2.24, 2.45) is 5.73 Å². The third-order valence-corrected chi connectivity index (χ3v) is 6.47. The molecular formula is C21H25ClN4O2S. The number of amides is 1. The van der Waals surface area contributed by atoms with Gasteiger partial charge in [-0.15, -0.1) is 23.7 Å². The maximum atomic E-state index is 12.9. The Hall–Kier alpha value is -2.22. The van der Waals surface area contributed by atoms with Crippen LogP contribution in [0, 0.1) is 0 Å². The van der Waals surface area contributed by atoms with Crippen molar-refractivity contribution in [3.8, 4) is 0 Å². The largest absolute Gasteiger partial charge is 0.354 e. The molecule has 1 aliphatic carbocycles. The molecule has 3 N–H and O–H groups in total. The summed E-state index contributed by atoms with van der Waals surface area (Å²) in [5.41, 5.74) is 8.24. The van der Waals surface area contributed by atoms with Crippen molar-refractivity contribution in [3.63, 3.8) is 0 Å². The molecule has 1 atom stereocenters. The molecule has 2 aromatic heterocycles. The highest BCUT2D eigenvalue weighted by molar-refractivity contribution is 7.18. The fraction of sp³-hybridized carbons (Fsp3) is 0.381. The van der Waals surface area contributed by atoms with E-state index in [0.717, 1.165) is 35.0 Å². The Balaban J connectivity index is 0.00000240. The number of hydrogen-bond acceptors (Lipinski definition) is 5. The zero-order chi connectivity index (χ0) is 19.5. The smallest absolute Gasteiger partial charge is 0.262 e. The molecule has 1 aromatic carbocycles. The summed E-state index contributed by atoms with van der Waals surface area (Å²) in [6.45, 7) is 0.686. The molecule has 0 fully saturated rings. The Labute approximate surface area is 179 Å². The molecule has 0 radical (unpaired) electrons. The van der Waals surface area contributed by atoms with Crippen molar-refractivity contribution in [2.45, 2.75) is 44.7 Å². The molecule has 154 valence electrons. The minimum absolute atomic E-state index is 0. The third kappa shape index (κ3) is 4.69. The van der Waals surface area contributed by atoms with Gasteiger partial charge in [0.2, 0.25) is 5.91 Å². The first-order valence-corrected chi connectivity index (χ1v) is 10.5. The standard InChI is InChI=1S/C21H24N4O2S.ClH/c22-16(14-6-2-1-3-7-14)12-23-18(26)10-11-25-13-24-20-19(21(25)27)15-8-4-5-9-17(15)28-20;/h1-3,6-7,13,16H,4-5,8-12,22H2,(H,23,26);1H. The van der Waals surface area contributed by atoms with E-state index in [1.54, 1.807) is 22.2 Å². The van der Waals surface area contributed by atoms with E-state index >= 15 is 0 Å². The van der Waals surface area contributed by atoms with Crippen LogP contribution in [0.15, 0.2) is 41.5 Å². The van der Waals surface area contributed by atoms with E-state index in [1.807, 2.05) is 30.3 Å². The molecule has 1 aliphatic rings. The number of halogens is 1. The zero-order valence-electron chi connectivity index (χ0n) is 16.1. The SMILES string of the molecule is Cl.NC(CNC(=O)CCn1cnc2sc3c(c2c1=O)CCCC3)c1ccccc1. The van der Waals surface area contributed by atoms with Gasteiger partial charge in [-0.2, -0.15) is 0 Å². The molecule has 0 spiro atoms. The monoisotopic (exact) mass is 432 g/mol. The summed E-state index contributed by atoms with van der Waals surface area (Å²) in [5, 5.41) is 3.61. The van der Waals surface area contributed by atoms with Crippen LogP contribution in [0.4, 0.5) is 0 Å². The number of thiophene rings is 1. The van der Waals surface area contributed by atoms with Crippen LogP contribution in [0.5, 0.6) is 0 Å². The Morgan fingerprint density at radius 2 is 2.00 bits per heavy atom. The normalized spacial score (nSPS) is 14.1. The van der Waals surface area contributed by atoms with Crippen molar-refractivity contribution < 1.29 is 4.79 Å². The van der Waals surface area contributed by atoms with Crippen LogP contribution in [-0.4, -0.2) is 22.0 Å². The van der Waals surface area contributed by atoms with Crippen LogP contribution in [-0.2, 0) is 24.2 Å². The maximum Gasteiger partial charge on any atom is 0.262 e. The number of nitrogens with zero attached hydrogens (tertiary/aromatic N) is 2. The van der Waals surface area contributed by atoms with E-state index in [2.05, 4.69) is 10.3 Å². The van der Waals surface area contributed by atoms with Crippen LogP contribution in [0.25, 0.3) is 10.2 Å². The number of nitrogens with two attached hydrogens (primary N) is 1. The van der Waals surface area contributed by atoms with Gasteiger partial charge in [0.25, 0.3) is 5.56 Å². The number of carbonyl (C=O) groups excluding carboxylic acids is 1. The van der Waals surface area contributed by atoms with Gasteiger partial charge in [-0.3, -0.25) is 14.2 Å². The van der Waals surface area contributed by atoms with E-state index in [0.29, 0.717) is 13.1 Å². The first-order valence-electron chi connectivity index (χ1n) is 9.70. The summed E-state index contributed by atoms with van der Waals surface area (Å²) in [6.07, 6.45) is 6.08. The highest BCUT2D eigenvalue weighted by Gasteiger charge is 2.20. The van der Waals surface area contributed by atoms with Gasteiger partial charge in [0.1, 0.15) is 4.83 Å². The Morgan fingerprint density at radius 3 is 2.79 bits per heavy atom. The van der Waals surface area contributed by atoms with Crippen molar-refractivity contribution in [2.75, 3.05) is 6.54 Å². The van der Waals surface area contributed by atoms with Crippen LogP contribution < -0.4 is 16.6 Å². The average Bonchev–Trinajstić information content (AvgIpc) is 3.11. The van der Waals surface area contributed by atoms with E-state index < -0.39 is 0 Å². The number of aromatic nitrogens is 2. The Bertz CT molecular complexity index is 1050. The van der Waals surface area contributed by atoms with Gasteiger partial charge in [0, 0.05) is 30.4 Å². The second-order valence-electron chi connectivity index (χ2n) is 7.21. The molecule has 29 heavy (non-hydrogen) atoms.